The number of ether oxygens (including phenoxy) is 1. The molecule has 0 saturated carbocycles. The first kappa shape index (κ1) is 11.5. The third-order valence-electron chi connectivity index (χ3n) is 2.24. The molecule has 2 rings (SSSR count). The van der Waals surface area contributed by atoms with E-state index < -0.39 is 0 Å². The predicted molar refractivity (Wildman–Crippen MR) is 68.1 cm³/mol. The van der Waals surface area contributed by atoms with Gasteiger partial charge < -0.3 is 15.0 Å². The highest BCUT2D eigenvalue weighted by atomic mass is 16.5. The largest absolute Gasteiger partial charge is 0.491 e. The van der Waals surface area contributed by atoms with Crippen molar-refractivity contribution < 1.29 is 4.74 Å². The number of nitrogens with one attached hydrogen (secondary N) is 2. The highest BCUT2D eigenvalue weighted by molar-refractivity contribution is 5.46. The van der Waals surface area contributed by atoms with Gasteiger partial charge in [-0.15, -0.1) is 0 Å². The quantitative estimate of drug-likeness (QED) is 0.832. The van der Waals surface area contributed by atoms with Crippen LogP contribution in [0.1, 0.15) is 19.7 Å². The first-order valence-electron chi connectivity index (χ1n) is 5.73. The lowest BCUT2D eigenvalue weighted by molar-refractivity contribution is 0.242. The van der Waals surface area contributed by atoms with Crippen LogP contribution in [-0.4, -0.2) is 16.1 Å². The number of rotatable bonds is 5. The van der Waals surface area contributed by atoms with E-state index >= 15 is 0 Å². The van der Waals surface area contributed by atoms with Gasteiger partial charge in [-0.05, 0) is 38.1 Å². The van der Waals surface area contributed by atoms with E-state index in [1.807, 2.05) is 44.3 Å². The minimum absolute atomic E-state index is 0.205. The van der Waals surface area contributed by atoms with E-state index in [0.29, 0.717) is 6.54 Å². The molecule has 0 aliphatic rings. The van der Waals surface area contributed by atoms with Crippen molar-refractivity contribution in [1.82, 2.24) is 9.97 Å². The molecular formula is C13H17N3O. The molecule has 1 heterocycles. The lowest BCUT2D eigenvalue weighted by atomic mass is 10.3. The molecule has 1 aromatic heterocycles. The molecule has 0 atom stereocenters. The summed E-state index contributed by atoms with van der Waals surface area (Å²) < 4.78 is 5.57. The number of anilines is 1. The molecule has 0 unspecified atom stereocenters. The number of aromatic nitrogens is 2. The van der Waals surface area contributed by atoms with Crippen LogP contribution in [0.4, 0.5) is 5.69 Å². The molecule has 0 aliphatic carbocycles. The average Bonchev–Trinajstić information content (AvgIpc) is 2.80. The second kappa shape index (κ2) is 5.39. The summed E-state index contributed by atoms with van der Waals surface area (Å²) in [5.41, 5.74) is 1.05. The number of hydrogen-bond donors (Lipinski definition) is 2. The number of benzene rings is 1. The van der Waals surface area contributed by atoms with Gasteiger partial charge in [0, 0.05) is 18.1 Å². The summed E-state index contributed by atoms with van der Waals surface area (Å²) >= 11 is 0. The van der Waals surface area contributed by atoms with Crippen LogP contribution in [0.5, 0.6) is 5.75 Å². The normalized spacial score (nSPS) is 10.5. The van der Waals surface area contributed by atoms with Crippen molar-refractivity contribution in [3.63, 3.8) is 0 Å². The van der Waals surface area contributed by atoms with Crippen molar-refractivity contribution in [2.24, 2.45) is 0 Å². The van der Waals surface area contributed by atoms with E-state index in [9.17, 15) is 0 Å². The highest BCUT2D eigenvalue weighted by Gasteiger charge is 1.98. The smallest absolute Gasteiger partial charge is 0.125 e. The first-order valence-corrected chi connectivity index (χ1v) is 5.73. The summed E-state index contributed by atoms with van der Waals surface area (Å²) in [6.45, 7) is 4.73. The van der Waals surface area contributed by atoms with E-state index in [1.54, 1.807) is 6.20 Å². The zero-order chi connectivity index (χ0) is 12.1. The van der Waals surface area contributed by atoms with Gasteiger partial charge in [-0.25, -0.2) is 4.98 Å². The molecule has 4 nitrogen and oxygen atoms in total. The monoisotopic (exact) mass is 231 g/mol. The summed E-state index contributed by atoms with van der Waals surface area (Å²) in [6.07, 6.45) is 3.77. The molecule has 0 fully saturated rings. The summed E-state index contributed by atoms with van der Waals surface area (Å²) in [5, 5.41) is 3.28. The van der Waals surface area contributed by atoms with E-state index in [-0.39, 0.29) is 6.10 Å². The average molecular weight is 231 g/mol. The van der Waals surface area contributed by atoms with Crippen molar-refractivity contribution in [2.45, 2.75) is 26.5 Å². The molecule has 0 spiro atoms. The van der Waals surface area contributed by atoms with Crippen LogP contribution < -0.4 is 10.1 Å². The van der Waals surface area contributed by atoms with Gasteiger partial charge in [0.2, 0.25) is 0 Å². The van der Waals surface area contributed by atoms with Crippen LogP contribution in [0.3, 0.4) is 0 Å². The Labute approximate surface area is 101 Å². The van der Waals surface area contributed by atoms with E-state index in [4.69, 9.17) is 4.74 Å². The Hall–Kier alpha value is -1.97. The number of H-pyrrole nitrogens is 1. The van der Waals surface area contributed by atoms with Crippen molar-refractivity contribution in [3.8, 4) is 5.75 Å². The van der Waals surface area contributed by atoms with Gasteiger partial charge >= 0.3 is 0 Å². The van der Waals surface area contributed by atoms with Crippen molar-refractivity contribution in [1.29, 1.82) is 0 Å². The molecular weight excluding hydrogens is 214 g/mol. The lowest BCUT2D eigenvalue weighted by Crippen LogP contribution is -2.05. The van der Waals surface area contributed by atoms with Crippen LogP contribution >= 0.6 is 0 Å². The highest BCUT2D eigenvalue weighted by Crippen LogP contribution is 2.17. The van der Waals surface area contributed by atoms with Crippen LogP contribution in [0.2, 0.25) is 0 Å². The molecule has 0 saturated heterocycles. The Morgan fingerprint density at radius 3 is 2.65 bits per heavy atom. The fourth-order valence-electron chi connectivity index (χ4n) is 1.50. The summed E-state index contributed by atoms with van der Waals surface area (Å²) in [4.78, 5) is 7.19. The molecule has 90 valence electrons. The Balaban J connectivity index is 1.89. The maximum atomic E-state index is 5.57. The molecule has 0 aliphatic heterocycles. The second-order valence-electron chi connectivity index (χ2n) is 4.08. The Bertz CT molecular complexity index is 434. The van der Waals surface area contributed by atoms with Crippen molar-refractivity contribution in [2.75, 3.05) is 5.32 Å². The molecule has 2 N–H and O–H groups in total. The summed E-state index contributed by atoms with van der Waals surface area (Å²) in [6, 6.07) is 7.93. The lowest BCUT2D eigenvalue weighted by Gasteiger charge is -2.10. The van der Waals surface area contributed by atoms with Gasteiger partial charge in [0.05, 0.1) is 12.6 Å². The fraction of sp³-hybridized carbons (Fsp3) is 0.308. The SMILES string of the molecule is CC(C)Oc1ccc(NCc2ncc[nH]2)cc1. The third kappa shape index (κ3) is 3.52. The second-order valence-corrected chi connectivity index (χ2v) is 4.08. The predicted octanol–water partition coefficient (Wildman–Crippen LogP) is 2.81. The molecule has 0 amide bonds. The standard InChI is InChI=1S/C13H17N3O/c1-10(2)17-12-5-3-11(4-6-12)16-9-13-14-7-8-15-13/h3-8,10,16H,9H2,1-2H3,(H,14,15). The molecule has 2 aromatic rings. The zero-order valence-electron chi connectivity index (χ0n) is 10.1. The minimum atomic E-state index is 0.205. The maximum absolute atomic E-state index is 5.57. The minimum Gasteiger partial charge on any atom is -0.491 e. The number of nitrogens with zero attached hydrogens (tertiary/aromatic N) is 1. The number of imidazole rings is 1. The van der Waals surface area contributed by atoms with Gasteiger partial charge in [-0.2, -0.15) is 0 Å². The molecule has 0 radical (unpaired) electrons. The van der Waals surface area contributed by atoms with Crippen LogP contribution in [0, 0.1) is 0 Å². The third-order valence-corrected chi connectivity index (χ3v) is 2.24. The number of hydrogen-bond acceptors (Lipinski definition) is 3. The van der Waals surface area contributed by atoms with Crippen molar-refractivity contribution in [3.05, 3.63) is 42.5 Å². The van der Waals surface area contributed by atoms with E-state index in [0.717, 1.165) is 17.3 Å². The van der Waals surface area contributed by atoms with E-state index in [2.05, 4.69) is 15.3 Å². The van der Waals surface area contributed by atoms with E-state index in [1.165, 1.54) is 0 Å². The van der Waals surface area contributed by atoms with Crippen molar-refractivity contribution >= 4 is 5.69 Å². The Morgan fingerprint density at radius 1 is 1.29 bits per heavy atom. The van der Waals surface area contributed by atoms with Gasteiger partial charge in [0.25, 0.3) is 0 Å². The van der Waals surface area contributed by atoms with Crippen LogP contribution in [-0.2, 0) is 6.54 Å². The zero-order valence-corrected chi connectivity index (χ0v) is 10.1. The molecule has 17 heavy (non-hydrogen) atoms. The molecule has 1 aromatic carbocycles. The molecule has 4 heteroatoms. The van der Waals surface area contributed by atoms with Gasteiger partial charge in [-0.1, -0.05) is 0 Å². The van der Waals surface area contributed by atoms with Gasteiger partial charge in [0.1, 0.15) is 11.6 Å². The maximum Gasteiger partial charge on any atom is 0.125 e. The Kier molecular flexibility index (Phi) is 3.65. The topological polar surface area (TPSA) is 49.9 Å². The summed E-state index contributed by atoms with van der Waals surface area (Å²) in [7, 11) is 0. The Morgan fingerprint density at radius 2 is 2.06 bits per heavy atom. The molecule has 0 bridgehead atoms. The summed E-state index contributed by atoms with van der Waals surface area (Å²) in [5.74, 6) is 1.82. The van der Waals surface area contributed by atoms with Gasteiger partial charge in [0.15, 0.2) is 0 Å². The first-order chi connectivity index (χ1) is 8.24. The van der Waals surface area contributed by atoms with Crippen LogP contribution in [0.15, 0.2) is 36.7 Å². The number of aromatic amines is 1. The fourth-order valence-corrected chi connectivity index (χ4v) is 1.50. The van der Waals surface area contributed by atoms with Crippen LogP contribution in [0.25, 0.3) is 0 Å². The van der Waals surface area contributed by atoms with Gasteiger partial charge in [-0.3, -0.25) is 0 Å².